The molecule has 0 unspecified atom stereocenters. The van der Waals surface area contributed by atoms with Crippen LogP contribution in [0.1, 0.15) is 31.7 Å². The van der Waals surface area contributed by atoms with Crippen molar-refractivity contribution in [3.05, 3.63) is 29.8 Å². The molecule has 0 spiro atoms. The Morgan fingerprint density at radius 1 is 1.03 bits per heavy atom. The Labute approximate surface area is 169 Å². The molecule has 29 heavy (non-hydrogen) atoms. The van der Waals surface area contributed by atoms with E-state index in [0.717, 1.165) is 11.3 Å². The summed E-state index contributed by atoms with van der Waals surface area (Å²) < 4.78 is 10.7. The van der Waals surface area contributed by atoms with Gasteiger partial charge in [-0.1, -0.05) is 12.1 Å². The van der Waals surface area contributed by atoms with Crippen molar-refractivity contribution in [1.29, 1.82) is 0 Å². The van der Waals surface area contributed by atoms with Crippen molar-refractivity contribution in [3.8, 4) is 6.01 Å². The predicted molar refractivity (Wildman–Crippen MR) is 108 cm³/mol. The average molecular weight is 399 g/mol. The van der Waals surface area contributed by atoms with Gasteiger partial charge in [0.25, 0.3) is 0 Å². The van der Waals surface area contributed by atoms with Gasteiger partial charge in [0.1, 0.15) is 13.2 Å². The summed E-state index contributed by atoms with van der Waals surface area (Å²) in [5, 5.41) is 6.25. The number of ketones is 2. The minimum Gasteiger partial charge on any atom is -0.464 e. The summed E-state index contributed by atoms with van der Waals surface area (Å²) in [4.78, 5) is 36.8. The Balaban J connectivity index is 1.82. The van der Waals surface area contributed by atoms with Crippen LogP contribution in [-0.4, -0.2) is 52.9 Å². The van der Waals surface area contributed by atoms with Crippen molar-refractivity contribution in [2.75, 3.05) is 37.0 Å². The third-order valence-corrected chi connectivity index (χ3v) is 4.21. The minimum absolute atomic E-state index is 0.0255. The number of carbonyl (C=O) groups excluding carboxylic acids is 2. The molecule has 0 fully saturated rings. The molecule has 0 atom stereocenters. The molecule has 0 saturated heterocycles. The number of Topliss-reactive ketones (excluding diaryl/α,β-unsaturated/α-hetero) is 2. The van der Waals surface area contributed by atoms with E-state index in [1.807, 2.05) is 31.2 Å². The fourth-order valence-corrected chi connectivity index (χ4v) is 2.81. The van der Waals surface area contributed by atoms with Gasteiger partial charge in [-0.05, 0) is 37.5 Å². The largest absolute Gasteiger partial charge is 0.464 e. The van der Waals surface area contributed by atoms with Crippen LogP contribution in [0.2, 0.25) is 0 Å². The van der Waals surface area contributed by atoms with E-state index >= 15 is 0 Å². The van der Waals surface area contributed by atoms with Crippen molar-refractivity contribution in [1.82, 2.24) is 15.0 Å². The molecule has 2 aromatic rings. The Kier molecular flexibility index (Phi) is 7.46. The van der Waals surface area contributed by atoms with E-state index in [0.29, 0.717) is 50.7 Å². The van der Waals surface area contributed by atoms with Gasteiger partial charge in [0, 0.05) is 25.1 Å². The summed E-state index contributed by atoms with van der Waals surface area (Å²) in [5.74, 6) is 0.658. The molecule has 9 heteroatoms. The van der Waals surface area contributed by atoms with E-state index in [1.54, 1.807) is 0 Å². The van der Waals surface area contributed by atoms with Crippen LogP contribution in [0.25, 0.3) is 0 Å². The number of carbonyl (C=O) groups is 2. The second-order valence-electron chi connectivity index (χ2n) is 6.62. The lowest BCUT2D eigenvalue weighted by Crippen LogP contribution is -2.16. The van der Waals surface area contributed by atoms with Crippen LogP contribution in [-0.2, 0) is 20.7 Å². The zero-order valence-corrected chi connectivity index (χ0v) is 16.4. The number of aromatic nitrogens is 3. The summed E-state index contributed by atoms with van der Waals surface area (Å²) in [6.45, 7) is 2.71. The van der Waals surface area contributed by atoms with E-state index < -0.39 is 0 Å². The topological polar surface area (TPSA) is 115 Å². The fraction of sp³-hybridized carbons (Fsp3) is 0.450. The number of aryl methyl sites for hydroxylation is 1. The van der Waals surface area contributed by atoms with Gasteiger partial charge >= 0.3 is 6.01 Å². The number of hydrogen-bond acceptors (Lipinski definition) is 9. The standard InChI is InChI=1S/C20H25N5O4/c1-2-29-20-24-18-21-10-4-7-16(26)12-28-13-17(27)9-8-14-5-3-6-15(11-14)22-19(23-18)25-20/h3,5-6,11H,2,4,7-10,12-13H2,1H3,(H2,21,22,23,24,25). The summed E-state index contributed by atoms with van der Waals surface area (Å²) in [6, 6.07) is 7.91. The lowest BCUT2D eigenvalue weighted by atomic mass is 10.1. The van der Waals surface area contributed by atoms with Crippen molar-refractivity contribution in [2.45, 2.75) is 32.6 Å². The maximum atomic E-state index is 12.0. The van der Waals surface area contributed by atoms with Crippen molar-refractivity contribution >= 4 is 29.2 Å². The number of hydrogen-bond donors (Lipinski definition) is 2. The maximum absolute atomic E-state index is 12.0. The van der Waals surface area contributed by atoms with Gasteiger partial charge < -0.3 is 20.1 Å². The number of fused-ring (bicyclic) bond motifs is 4. The summed E-state index contributed by atoms with van der Waals surface area (Å²) in [7, 11) is 0. The number of benzene rings is 1. The maximum Gasteiger partial charge on any atom is 0.323 e. The first-order valence-electron chi connectivity index (χ1n) is 9.72. The van der Waals surface area contributed by atoms with E-state index in [9.17, 15) is 9.59 Å². The first kappa shape index (κ1) is 20.7. The quantitative estimate of drug-likeness (QED) is 0.785. The zero-order chi connectivity index (χ0) is 20.5. The van der Waals surface area contributed by atoms with Crippen LogP contribution >= 0.6 is 0 Å². The molecule has 9 nitrogen and oxygen atoms in total. The highest BCUT2D eigenvalue weighted by atomic mass is 16.5. The Bertz CT molecular complexity index is 859. The third kappa shape index (κ3) is 6.79. The second-order valence-corrected chi connectivity index (χ2v) is 6.62. The molecule has 0 radical (unpaired) electrons. The van der Waals surface area contributed by atoms with Crippen molar-refractivity contribution < 1.29 is 19.1 Å². The molecule has 1 aromatic carbocycles. The third-order valence-electron chi connectivity index (χ3n) is 4.21. The number of ether oxygens (including phenoxy) is 2. The Morgan fingerprint density at radius 3 is 2.66 bits per heavy atom. The van der Waals surface area contributed by atoms with Gasteiger partial charge in [-0.15, -0.1) is 0 Å². The van der Waals surface area contributed by atoms with Crippen LogP contribution in [0.5, 0.6) is 6.01 Å². The summed E-state index contributed by atoms with van der Waals surface area (Å²) >= 11 is 0. The molecule has 2 N–H and O–H groups in total. The second kappa shape index (κ2) is 10.5. The van der Waals surface area contributed by atoms with Crippen LogP contribution in [0.3, 0.4) is 0 Å². The lowest BCUT2D eigenvalue weighted by molar-refractivity contribution is -0.128. The number of nitrogens with one attached hydrogen (secondary N) is 2. The highest BCUT2D eigenvalue weighted by molar-refractivity contribution is 5.82. The summed E-state index contributed by atoms with van der Waals surface area (Å²) in [6.07, 6.45) is 1.88. The molecule has 154 valence electrons. The molecule has 0 amide bonds. The van der Waals surface area contributed by atoms with Gasteiger partial charge in [0.05, 0.1) is 6.61 Å². The fourth-order valence-electron chi connectivity index (χ4n) is 2.81. The Morgan fingerprint density at radius 2 is 1.83 bits per heavy atom. The van der Waals surface area contributed by atoms with Crippen molar-refractivity contribution in [2.24, 2.45) is 0 Å². The molecule has 0 saturated carbocycles. The highest BCUT2D eigenvalue weighted by Gasteiger charge is 2.11. The van der Waals surface area contributed by atoms with Gasteiger partial charge in [-0.3, -0.25) is 9.59 Å². The highest BCUT2D eigenvalue weighted by Crippen LogP contribution is 2.19. The van der Waals surface area contributed by atoms with Gasteiger partial charge in [0.15, 0.2) is 11.6 Å². The molecule has 3 rings (SSSR count). The molecule has 4 bridgehead atoms. The van der Waals surface area contributed by atoms with E-state index in [2.05, 4.69) is 25.6 Å². The molecule has 2 heterocycles. The Hall–Kier alpha value is -3.07. The van der Waals surface area contributed by atoms with Crippen LogP contribution in [0.4, 0.5) is 17.6 Å². The molecule has 0 aliphatic carbocycles. The van der Waals surface area contributed by atoms with E-state index in [-0.39, 0.29) is 30.8 Å². The molecular weight excluding hydrogens is 374 g/mol. The molecule has 1 aliphatic rings. The van der Waals surface area contributed by atoms with Crippen molar-refractivity contribution in [3.63, 3.8) is 0 Å². The van der Waals surface area contributed by atoms with E-state index in [4.69, 9.17) is 9.47 Å². The first-order chi connectivity index (χ1) is 14.1. The molecule has 1 aromatic heterocycles. The van der Waals surface area contributed by atoms with Crippen LogP contribution in [0.15, 0.2) is 24.3 Å². The molecule has 1 aliphatic heterocycles. The van der Waals surface area contributed by atoms with Crippen LogP contribution < -0.4 is 15.4 Å². The summed E-state index contributed by atoms with van der Waals surface area (Å²) in [5.41, 5.74) is 1.80. The van der Waals surface area contributed by atoms with E-state index in [1.165, 1.54) is 0 Å². The average Bonchev–Trinajstić information content (AvgIpc) is 2.69. The monoisotopic (exact) mass is 399 g/mol. The number of nitrogens with zero attached hydrogens (tertiary/aromatic N) is 3. The minimum atomic E-state index is -0.0461. The predicted octanol–water partition coefficient (Wildman–Crippen LogP) is 2.31. The smallest absolute Gasteiger partial charge is 0.323 e. The molecular formula is C20H25N5O4. The zero-order valence-electron chi connectivity index (χ0n) is 16.4. The number of anilines is 3. The lowest BCUT2D eigenvalue weighted by Gasteiger charge is -2.11. The van der Waals surface area contributed by atoms with Gasteiger partial charge in [-0.25, -0.2) is 0 Å². The number of rotatable bonds is 2. The first-order valence-corrected chi connectivity index (χ1v) is 9.72. The van der Waals surface area contributed by atoms with Gasteiger partial charge in [0.2, 0.25) is 11.9 Å². The van der Waals surface area contributed by atoms with Gasteiger partial charge in [-0.2, -0.15) is 15.0 Å². The normalized spacial score (nSPS) is 16.2. The SMILES string of the molecule is CCOc1nc2nc(n1)Nc1cccc(c1)CCC(=O)COCC(=O)CCCN2. The van der Waals surface area contributed by atoms with Crippen LogP contribution in [0, 0.1) is 0 Å².